The third-order valence-electron chi connectivity index (χ3n) is 4.57. The van der Waals surface area contributed by atoms with Gasteiger partial charge in [0.1, 0.15) is 10.7 Å². The van der Waals surface area contributed by atoms with E-state index in [-0.39, 0.29) is 12.5 Å². The lowest BCUT2D eigenvalue weighted by atomic mass is 10.1. The van der Waals surface area contributed by atoms with Gasteiger partial charge in [-0.05, 0) is 59.3 Å². The van der Waals surface area contributed by atoms with E-state index in [0.717, 1.165) is 29.4 Å². The summed E-state index contributed by atoms with van der Waals surface area (Å²) in [5.74, 6) is 1.40. The molecule has 0 aliphatic carbocycles. The van der Waals surface area contributed by atoms with Crippen LogP contribution in [0.1, 0.15) is 12.5 Å². The van der Waals surface area contributed by atoms with Crippen molar-refractivity contribution in [2.45, 2.75) is 6.92 Å². The summed E-state index contributed by atoms with van der Waals surface area (Å²) >= 11 is 9.15. The lowest BCUT2D eigenvalue weighted by Crippen LogP contribution is -2.40. The molecule has 1 amide bonds. The average molecular weight is 509 g/mol. The number of nitrogens with zero attached hydrogens (tertiary/aromatic N) is 1. The Morgan fingerprint density at radius 2 is 1.90 bits per heavy atom. The van der Waals surface area contributed by atoms with E-state index in [1.807, 2.05) is 19.1 Å². The van der Waals surface area contributed by atoms with Crippen molar-refractivity contribution in [2.75, 3.05) is 51.9 Å². The summed E-state index contributed by atoms with van der Waals surface area (Å²) in [5.41, 5.74) is 1.50. The second-order valence-corrected chi connectivity index (χ2v) is 7.93. The summed E-state index contributed by atoms with van der Waals surface area (Å²) in [7, 11) is 1.55. The van der Waals surface area contributed by atoms with Crippen LogP contribution in [0, 0.1) is 0 Å². The third-order valence-corrected chi connectivity index (χ3v) is 5.65. The van der Waals surface area contributed by atoms with Crippen LogP contribution >= 0.6 is 28.1 Å². The summed E-state index contributed by atoms with van der Waals surface area (Å²) in [5, 5.41) is 2.80. The van der Waals surface area contributed by atoms with E-state index in [1.54, 1.807) is 31.4 Å². The molecule has 1 N–H and O–H groups in total. The Hall–Kier alpha value is -2.36. The molecular formula is C22H25BrN2O5S. The first-order valence-electron chi connectivity index (χ1n) is 9.92. The maximum atomic E-state index is 12.3. The molecule has 1 aliphatic rings. The van der Waals surface area contributed by atoms with E-state index in [0.29, 0.717) is 41.5 Å². The minimum atomic E-state index is -0.286. The van der Waals surface area contributed by atoms with Crippen molar-refractivity contribution >= 4 is 44.7 Å². The van der Waals surface area contributed by atoms with Gasteiger partial charge in [-0.1, -0.05) is 12.2 Å². The van der Waals surface area contributed by atoms with Gasteiger partial charge in [-0.15, -0.1) is 0 Å². The highest BCUT2D eigenvalue weighted by Gasteiger charge is 2.20. The van der Waals surface area contributed by atoms with Gasteiger partial charge >= 0.3 is 0 Å². The van der Waals surface area contributed by atoms with E-state index in [2.05, 4.69) is 26.1 Å². The van der Waals surface area contributed by atoms with E-state index in [4.69, 9.17) is 31.2 Å². The number of halogens is 1. The van der Waals surface area contributed by atoms with Crippen LogP contribution < -0.4 is 19.5 Å². The molecule has 0 radical (unpaired) electrons. The van der Waals surface area contributed by atoms with Crippen molar-refractivity contribution in [3.8, 4) is 17.2 Å². The van der Waals surface area contributed by atoms with Gasteiger partial charge in [0.25, 0.3) is 5.91 Å². The van der Waals surface area contributed by atoms with Crippen LogP contribution in [-0.2, 0) is 9.53 Å². The highest BCUT2D eigenvalue weighted by Crippen LogP contribution is 2.37. The number of anilines is 1. The third kappa shape index (κ3) is 6.32. The molecule has 1 fully saturated rings. The number of hydrogen-bond acceptors (Lipinski definition) is 6. The molecule has 166 valence electrons. The molecule has 9 heteroatoms. The normalized spacial score (nSPS) is 13.5. The molecule has 1 saturated heterocycles. The topological polar surface area (TPSA) is 69.3 Å². The first-order chi connectivity index (χ1) is 15.0. The van der Waals surface area contributed by atoms with E-state index < -0.39 is 0 Å². The maximum Gasteiger partial charge on any atom is 0.262 e. The lowest BCUT2D eigenvalue weighted by molar-refractivity contribution is -0.118. The Morgan fingerprint density at radius 1 is 1.19 bits per heavy atom. The second-order valence-electron chi connectivity index (χ2n) is 6.69. The van der Waals surface area contributed by atoms with E-state index >= 15 is 0 Å². The Balaban J connectivity index is 1.63. The van der Waals surface area contributed by atoms with Crippen LogP contribution in [0.3, 0.4) is 0 Å². The predicted molar refractivity (Wildman–Crippen MR) is 127 cm³/mol. The molecule has 2 aromatic carbocycles. The number of morpholine rings is 1. The number of benzene rings is 2. The zero-order valence-electron chi connectivity index (χ0n) is 17.5. The zero-order chi connectivity index (χ0) is 22.2. The molecule has 0 aromatic heterocycles. The summed E-state index contributed by atoms with van der Waals surface area (Å²) in [6.45, 7) is 5.15. The number of amides is 1. The van der Waals surface area contributed by atoms with Gasteiger partial charge in [0.15, 0.2) is 18.1 Å². The monoisotopic (exact) mass is 508 g/mol. The number of methoxy groups -OCH3 is 1. The Bertz CT molecular complexity index is 917. The van der Waals surface area contributed by atoms with Crippen LogP contribution in [0.4, 0.5) is 5.69 Å². The van der Waals surface area contributed by atoms with Crippen molar-refractivity contribution in [1.29, 1.82) is 0 Å². The predicted octanol–water partition coefficient (Wildman–Crippen LogP) is 3.88. The Labute approximate surface area is 195 Å². The quantitative estimate of drug-likeness (QED) is 0.542. The minimum Gasteiger partial charge on any atom is -0.494 e. The van der Waals surface area contributed by atoms with Gasteiger partial charge in [-0.3, -0.25) is 4.79 Å². The van der Waals surface area contributed by atoms with Crippen molar-refractivity contribution < 1.29 is 23.7 Å². The molecule has 3 rings (SSSR count). The fourth-order valence-electron chi connectivity index (χ4n) is 3.07. The molecule has 0 bridgehead atoms. The first kappa shape index (κ1) is 23.3. The molecule has 7 nitrogen and oxygen atoms in total. The highest BCUT2D eigenvalue weighted by atomic mass is 79.9. The van der Waals surface area contributed by atoms with Crippen LogP contribution in [0.5, 0.6) is 17.2 Å². The number of ether oxygens (including phenoxy) is 4. The van der Waals surface area contributed by atoms with Crippen molar-refractivity contribution in [2.24, 2.45) is 0 Å². The number of carbonyl (C=O) groups excluding carboxylic acids is 1. The summed E-state index contributed by atoms with van der Waals surface area (Å²) in [6, 6.07) is 10.9. The number of hydrogen-bond donors (Lipinski definition) is 1. The first-order valence-corrected chi connectivity index (χ1v) is 11.1. The van der Waals surface area contributed by atoms with Crippen LogP contribution in [0.15, 0.2) is 40.9 Å². The molecule has 1 heterocycles. The fourth-order valence-corrected chi connectivity index (χ4v) is 3.93. The number of carbonyl (C=O) groups is 1. The van der Waals surface area contributed by atoms with Crippen LogP contribution in [0.2, 0.25) is 0 Å². The lowest BCUT2D eigenvalue weighted by Gasteiger charge is -2.29. The average Bonchev–Trinajstić information content (AvgIpc) is 2.79. The van der Waals surface area contributed by atoms with Gasteiger partial charge in [-0.25, -0.2) is 0 Å². The van der Waals surface area contributed by atoms with Gasteiger partial charge in [0.05, 0.1) is 31.4 Å². The summed E-state index contributed by atoms with van der Waals surface area (Å²) in [6.07, 6.45) is 0. The molecule has 0 unspecified atom stereocenters. The molecule has 0 saturated carbocycles. The van der Waals surface area contributed by atoms with Crippen molar-refractivity contribution in [1.82, 2.24) is 4.90 Å². The van der Waals surface area contributed by atoms with E-state index in [9.17, 15) is 4.79 Å². The van der Waals surface area contributed by atoms with Crippen molar-refractivity contribution in [3.05, 3.63) is 46.4 Å². The summed E-state index contributed by atoms with van der Waals surface area (Å²) in [4.78, 5) is 15.2. The zero-order valence-corrected chi connectivity index (χ0v) is 19.9. The van der Waals surface area contributed by atoms with Crippen LogP contribution in [0.25, 0.3) is 0 Å². The molecule has 0 spiro atoms. The Morgan fingerprint density at radius 3 is 2.55 bits per heavy atom. The largest absolute Gasteiger partial charge is 0.494 e. The molecule has 1 aliphatic heterocycles. The molecular weight excluding hydrogens is 484 g/mol. The van der Waals surface area contributed by atoms with Crippen LogP contribution in [-0.4, -0.2) is 62.4 Å². The number of rotatable bonds is 8. The smallest absolute Gasteiger partial charge is 0.262 e. The molecule has 0 atom stereocenters. The van der Waals surface area contributed by atoms with Crippen molar-refractivity contribution in [3.63, 3.8) is 0 Å². The van der Waals surface area contributed by atoms with Gasteiger partial charge in [0, 0.05) is 24.3 Å². The molecule has 31 heavy (non-hydrogen) atoms. The Kier molecular flexibility index (Phi) is 8.51. The van der Waals surface area contributed by atoms with Gasteiger partial charge in [-0.2, -0.15) is 0 Å². The van der Waals surface area contributed by atoms with Gasteiger partial charge in [0.2, 0.25) is 0 Å². The minimum absolute atomic E-state index is 0.171. The van der Waals surface area contributed by atoms with Gasteiger partial charge < -0.3 is 29.2 Å². The number of nitrogens with one attached hydrogen (secondary N) is 1. The summed E-state index contributed by atoms with van der Waals surface area (Å²) < 4.78 is 22.7. The highest BCUT2D eigenvalue weighted by molar-refractivity contribution is 9.10. The fraction of sp³-hybridized carbons (Fsp3) is 0.364. The van der Waals surface area contributed by atoms with E-state index in [1.165, 1.54) is 0 Å². The molecule has 2 aromatic rings. The number of thiocarbonyl (C=S) groups is 1. The standard InChI is InChI=1S/C22H25BrN2O5S/c1-3-29-17-6-4-16(5-7-17)24-20(26)14-30-21-18(23)12-15(13-19(21)27-2)22(31)25-8-10-28-11-9-25/h4-7,12-13H,3,8-11,14H2,1-2H3,(H,24,26). The second kappa shape index (κ2) is 11.3. The SMILES string of the molecule is CCOc1ccc(NC(=O)COc2c(Br)cc(C(=S)N3CCOCC3)cc2OC)cc1. The maximum absolute atomic E-state index is 12.3.